The van der Waals surface area contributed by atoms with Crippen molar-refractivity contribution in [2.45, 2.75) is 32.9 Å². The monoisotopic (exact) mass is 316 g/mol. The molecule has 0 aliphatic carbocycles. The molecule has 0 fully saturated rings. The topological polar surface area (TPSA) is 78.4 Å². The standard InChI is InChI=1S/C18H24N2O3/c1-3-14(2)18(23)20-16(10-7-13-21)19-17(22)12-11-15-8-5-4-6-9-15/h3-6,8-9,11-12,16,21H,7,10,13H2,1-2H3,(H,19,22)(H,20,23)/b12-11+,14-3+. The van der Waals surface area contributed by atoms with Crippen molar-refractivity contribution in [3.05, 3.63) is 53.6 Å². The van der Waals surface area contributed by atoms with Crippen molar-refractivity contribution < 1.29 is 14.7 Å². The molecule has 0 spiro atoms. The molecule has 0 aromatic heterocycles. The van der Waals surface area contributed by atoms with E-state index in [1.165, 1.54) is 6.08 Å². The summed E-state index contributed by atoms with van der Waals surface area (Å²) in [7, 11) is 0. The van der Waals surface area contributed by atoms with Gasteiger partial charge in [0.1, 0.15) is 6.17 Å². The molecular formula is C18H24N2O3. The lowest BCUT2D eigenvalue weighted by Gasteiger charge is -2.19. The molecule has 2 amide bonds. The number of carbonyl (C=O) groups is 2. The molecule has 0 radical (unpaired) electrons. The summed E-state index contributed by atoms with van der Waals surface area (Å²) in [5.74, 6) is -0.530. The van der Waals surface area contributed by atoms with Crippen LogP contribution in [0.3, 0.4) is 0 Å². The Labute approximate surface area is 137 Å². The minimum Gasteiger partial charge on any atom is -0.396 e. The highest BCUT2D eigenvalue weighted by Gasteiger charge is 2.14. The van der Waals surface area contributed by atoms with E-state index in [0.717, 1.165) is 5.56 Å². The predicted octanol–water partition coefficient (Wildman–Crippen LogP) is 2.00. The van der Waals surface area contributed by atoms with Gasteiger partial charge in [-0.3, -0.25) is 9.59 Å². The molecule has 1 aromatic rings. The van der Waals surface area contributed by atoms with Gasteiger partial charge >= 0.3 is 0 Å². The van der Waals surface area contributed by atoms with Gasteiger partial charge in [0.15, 0.2) is 0 Å². The lowest BCUT2D eigenvalue weighted by molar-refractivity contribution is -0.120. The van der Waals surface area contributed by atoms with Crippen LogP contribution in [0.25, 0.3) is 6.08 Å². The zero-order valence-electron chi connectivity index (χ0n) is 13.6. The minimum atomic E-state index is -0.516. The third kappa shape index (κ3) is 7.42. The second-order valence-corrected chi connectivity index (χ2v) is 5.12. The minimum absolute atomic E-state index is 0.00466. The fourth-order valence-electron chi connectivity index (χ4n) is 1.83. The fourth-order valence-corrected chi connectivity index (χ4v) is 1.83. The second-order valence-electron chi connectivity index (χ2n) is 5.12. The number of benzene rings is 1. The maximum atomic E-state index is 12.0. The summed E-state index contributed by atoms with van der Waals surface area (Å²) in [5.41, 5.74) is 1.50. The molecule has 0 bridgehead atoms. The number of nitrogens with one attached hydrogen (secondary N) is 2. The molecule has 1 unspecified atom stereocenters. The van der Waals surface area contributed by atoms with Crippen molar-refractivity contribution in [2.24, 2.45) is 0 Å². The summed E-state index contributed by atoms with van der Waals surface area (Å²) < 4.78 is 0. The van der Waals surface area contributed by atoms with E-state index in [0.29, 0.717) is 18.4 Å². The maximum absolute atomic E-state index is 12.0. The first-order chi connectivity index (χ1) is 11.1. The van der Waals surface area contributed by atoms with Gasteiger partial charge in [-0.05, 0) is 38.3 Å². The van der Waals surface area contributed by atoms with Crippen molar-refractivity contribution >= 4 is 17.9 Å². The first-order valence-electron chi connectivity index (χ1n) is 7.65. The lowest BCUT2D eigenvalue weighted by atomic mass is 10.2. The van der Waals surface area contributed by atoms with Crippen LogP contribution >= 0.6 is 0 Å². The van der Waals surface area contributed by atoms with Gasteiger partial charge in [-0.2, -0.15) is 0 Å². The van der Waals surface area contributed by atoms with E-state index >= 15 is 0 Å². The quantitative estimate of drug-likeness (QED) is 0.507. The Hall–Kier alpha value is -2.40. The third-order valence-electron chi connectivity index (χ3n) is 3.29. The van der Waals surface area contributed by atoms with E-state index in [1.807, 2.05) is 30.3 Å². The summed E-state index contributed by atoms with van der Waals surface area (Å²) >= 11 is 0. The summed E-state index contributed by atoms with van der Waals surface area (Å²) in [6.45, 7) is 3.49. The van der Waals surface area contributed by atoms with Gasteiger partial charge in [0.2, 0.25) is 11.8 Å². The van der Waals surface area contributed by atoms with Crippen LogP contribution in [0.2, 0.25) is 0 Å². The number of carbonyl (C=O) groups excluding carboxylic acids is 2. The van der Waals surface area contributed by atoms with Crippen LogP contribution in [0.15, 0.2) is 48.1 Å². The molecule has 0 heterocycles. The van der Waals surface area contributed by atoms with Crippen molar-refractivity contribution in [3.8, 4) is 0 Å². The number of amides is 2. The third-order valence-corrected chi connectivity index (χ3v) is 3.29. The van der Waals surface area contributed by atoms with Gasteiger partial charge in [-0.25, -0.2) is 0 Å². The Morgan fingerprint density at radius 1 is 1.22 bits per heavy atom. The van der Waals surface area contributed by atoms with Crippen molar-refractivity contribution in [3.63, 3.8) is 0 Å². The fraction of sp³-hybridized carbons (Fsp3) is 0.333. The largest absolute Gasteiger partial charge is 0.396 e. The second kappa shape index (κ2) is 10.3. The molecule has 3 N–H and O–H groups in total. The van der Waals surface area contributed by atoms with Gasteiger partial charge in [0.25, 0.3) is 0 Å². The smallest absolute Gasteiger partial charge is 0.248 e. The van der Waals surface area contributed by atoms with Gasteiger partial charge in [-0.15, -0.1) is 0 Å². The zero-order chi connectivity index (χ0) is 17.1. The van der Waals surface area contributed by atoms with Crippen LogP contribution in [0.4, 0.5) is 0 Å². The molecule has 5 heteroatoms. The van der Waals surface area contributed by atoms with Crippen molar-refractivity contribution in [1.29, 1.82) is 0 Å². The summed E-state index contributed by atoms with van der Waals surface area (Å²) in [4.78, 5) is 23.9. The summed E-state index contributed by atoms with van der Waals surface area (Å²) in [5, 5.41) is 14.4. The number of aliphatic hydroxyl groups excluding tert-OH is 1. The van der Waals surface area contributed by atoms with Gasteiger partial charge in [0, 0.05) is 18.3 Å². The van der Waals surface area contributed by atoms with Crippen LogP contribution in [0.1, 0.15) is 32.3 Å². The lowest BCUT2D eigenvalue weighted by Crippen LogP contribution is -2.47. The van der Waals surface area contributed by atoms with E-state index in [9.17, 15) is 9.59 Å². The van der Waals surface area contributed by atoms with E-state index < -0.39 is 6.17 Å². The molecule has 23 heavy (non-hydrogen) atoms. The molecular weight excluding hydrogens is 292 g/mol. The van der Waals surface area contributed by atoms with Crippen LogP contribution < -0.4 is 10.6 Å². The molecule has 0 saturated carbocycles. The molecule has 124 valence electrons. The molecule has 0 aliphatic rings. The van der Waals surface area contributed by atoms with Crippen LogP contribution in [0, 0.1) is 0 Å². The normalized spacial score (nSPS) is 12.9. The molecule has 1 atom stereocenters. The SMILES string of the molecule is C/C=C(\C)C(=O)NC(CCCO)NC(=O)/C=C/c1ccccc1. The maximum Gasteiger partial charge on any atom is 0.248 e. The Morgan fingerprint density at radius 3 is 2.52 bits per heavy atom. The number of hydrogen-bond donors (Lipinski definition) is 3. The summed E-state index contributed by atoms with van der Waals surface area (Å²) in [6, 6.07) is 9.47. The van der Waals surface area contributed by atoms with Gasteiger partial charge < -0.3 is 15.7 Å². The number of allylic oxidation sites excluding steroid dienone is 1. The van der Waals surface area contributed by atoms with E-state index in [1.54, 1.807) is 26.0 Å². The van der Waals surface area contributed by atoms with E-state index in [-0.39, 0.29) is 18.4 Å². The first-order valence-corrected chi connectivity index (χ1v) is 7.65. The van der Waals surface area contributed by atoms with Crippen LogP contribution in [-0.4, -0.2) is 29.7 Å². The molecule has 1 rings (SSSR count). The van der Waals surface area contributed by atoms with Gasteiger partial charge in [-0.1, -0.05) is 36.4 Å². The average Bonchev–Trinajstić information content (AvgIpc) is 2.57. The molecule has 0 saturated heterocycles. The summed E-state index contributed by atoms with van der Waals surface area (Å²) in [6.07, 6.45) is 5.27. The Bertz CT molecular complexity index is 565. The van der Waals surface area contributed by atoms with Gasteiger partial charge in [0.05, 0.1) is 0 Å². The molecule has 5 nitrogen and oxygen atoms in total. The van der Waals surface area contributed by atoms with Crippen LogP contribution in [-0.2, 0) is 9.59 Å². The van der Waals surface area contributed by atoms with E-state index in [4.69, 9.17) is 5.11 Å². The first kappa shape index (κ1) is 18.6. The predicted molar refractivity (Wildman–Crippen MR) is 91.3 cm³/mol. The number of aliphatic hydroxyl groups is 1. The van der Waals surface area contributed by atoms with Crippen molar-refractivity contribution in [2.75, 3.05) is 6.61 Å². The van der Waals surface area contributed by atoms with E-state index in [2.05, 4.69) is 10.6 Å². The molecule has 0 aliphatic heterocycles. The highest BCUT2D eigenvalue weighted by atomic mass is 16.3. The Balaban J connectivity index is 2.63. The molecule has 1 aromatic carbocycles. The number of hydrogen-bond acceptors (Lipinski definition) is 3. The Morgan fingerprint density at radius 2 is 1.91 bits per heavy atom. The van der Waals surface area contributed by atoms with Crippen molar-refractivity contribution in [1.82, 2.24) is 10.6 Å². The average molecular weight is 316 g/mol. The zero-order valence-corrected chi connectivity index (χ0v) is 13.6. The van der Waals surface area contributed by atoms with Crippen LogP contribution in [0.5, 0.6) is 0 Å². The number of rotatable bonds is 8. The highest BCUT2D eigenvalue weighted by Crippen LogP contribution is 2.02. The highest BCUT2D eigenvalue weighted by molar-refractivity contribution is 5.94. The Kier molecular flexibility index (Phi) is 8.39.